The van der Waals surface area contributed by atoms with Gasteiger partial charge in [-0.25, -0.2) is 0 Å². The maximum Gasteiger partial charge on any atom is 0.302 e. The Morgan fingerprint density at radius 2 is 2.23 bits per heavy atom. The van der Waals surface area contributed by atoms with E-state index >= 15 is 0 Å². The van der Waals surface area contributed by atoms with Crippen LogP contribution in [0.5, 0.6) is 0 Å². The summed E-state index contributed by atoms with van der Waals surface area (Å²) >= 11 is 0. The van der Waals surface area contributed by atoms with Crippen LogP contribution in [0, 0.1) is 11.8 Å². The van der Waals surface area contributed by atoms with E-state index in [1.165, 1.54) is 19.8 Å². The predicted octanol–water partition coefficient (Wildman–Crippen LogP) is 2.29. The Hall–Kier alpha value is -0.790. The highest BCUT2D eigenvalue weighted by molar-refractivity contribution is 5.66. The van der Waals surface area contributed by atoms with Crippen LogP contribution < -0.4 is 0 Å². The lowest BCUT2D eigenvalue weighted by Gasteiger charge is -2.35. The number of rotatable bonds is 1. The van der Waals surface area contributed by atoms with Gasteiger partial charge in [0.1, 0.15) is 6.10 Å². The van der Waals surface area contributed by atoms with Gasteiger partial charge in [0, 0.05) is 6.92 Å². The summed E-state index contributed by atoms with van der Waals surface area (Å²) in [6.07, 6.45) is 9.33. The van der Waals surface area contributed by atoms with Gasteiger partial charge in [0.05, 0.1) is 0 Å². The van der Waals surface area contributed by atoms with E-state index in [1.807, 2.05) is 0 Å². The molecule has 3 atom stereocenters. The second-order valence-electron chi connectivity index (χ2n) is 4.23. The van der Waals surface area contributed by atoms with Crippen LogP contribution in [0.15, 0.2) is 12.2 Å². The minimum Gasteiger partial charge on any atom is -0.463 e. The lowest BCUT2D eigenvalue weighted by molar-refractivity contribution is -0.149. The third-order valence-corrected chi connectivity index (χ3v) is 3.01. The SMILES string of the molecule is CC(=O)O[C@@H]1C[C@@H]2C=CC[C@@H](C2)C1. The minimum atomic E-state index is -0.131. The number of ether oxygens (including phenoxy) is 1. The highest BCUT2D eigenvalue weighted by Crippen LogP contribution is 2.37. The first-order valence-electron chi connectivity index (χ1n) is 5.08. The van der Waals surface area contributed by atoms with Crippen molar-refractivity contribution in [2.24, 2.45) is 11.8 Å². The molecule has 2 bridgehead atoms. The van der Waals surface area contributed by atoms with Crippen molar-refractivity contribution >= 4 is 5.97 Å². The summed E-state index contributed by atoms with van der Waals surface area (Å²) in [4.78, 5) is 10.8. The van der Waals surface area contributed by atoms with E-state index in [9.17, 15) is 4.79 Å². The molecule has 0 aliphatic heterocycles. The van der Waals surface area contributed by atoms with Gasteiger partial charge in [-0.2, -0.15) is 0 Å². The summed E-state index contributed by atoms with van der Waals surface area (Å²) in [5.41, 5.74) is 0. The summed E-state index contributed by atoms with van der Waals surface area (Å²) < 4.78 is 5.25. The summed E-state index contributed by atoms with van der Waals surface area (Å²) in [6.45, 7) is 1.50. The summed E-state index contributed by atoms with van der Waals surface area (Å²) in [6, 6.07) is 0. The van der Waals surface area contributed by atoms with Gasteiger partial charge < -0.3 is 4.74 Å². The quantitative estimate of drug-likeness (QED) is 0.457. The van der Waals surface area contributed by atoms with Gasteiger partial charge in [0.15, 0.2) is 0 Å². The van der Waals surface area contributed by atoms with E-state index in [-0.39, 0.29) is 12.1 Å². The number of carbonyl (C=O) groups excluding carboxylic acids is 1. The molecule has 0 aromatic heterocycles. The molecule has 0 spiro atoms. The largest absolute Gasteiger partial charge is 0.463 e. The summed E-state index contributed by atoms with van der Waals surface area (Å²) in [5.74, 6) is 1.29. The maximum atomic E-state index is 10.8. The number of hydrogen-bond donors (Lipinski definition) is 0. The zero-order valence-electron chi connectivity index (χ0n) is 8.03. The lowest BCUT2D eigenvalue weighted by atomic mass is 9.75. The first-order chi connectivity index (χ1) is 6.24. The molecule has 2 rings (SSSR count). The first kappa shape index (κ1) is 8.79. The van der Waals surface area contributed by atoms with Crippen molar-refractivity contribution in [2.75, 3.05) is 0 Å². The van der Waals surface area contributed by atoms with Crippen LogP contribution in [0.4, 0.5) is 0 Å². The molecule has 1 fully saturated rings. The number of allylic oxidation sites excluding steroid dienone is 2. The number of esters is 1. The smallest absolute Gasteiger partial charge is 0.302 e. The second kappa shape index (κ2) is 3.52. The number of fused-ring (bicyclic) bond motifs is 2. The van der Waals surface area contributed by atoms with Crippen molar-refractivity contribution in [3.05, 3.63) is 12.2 Å². The molecule has 13 heavy (non-hydrogen) atoms. The van der Waals surface area contributed by atoms with Crippen molar-refractivity contribution in [3.63, 3.8) is 0 Å². The van der Waals surface area contributed by atoms with Crippen LogP contribution in [0.3, 0.4) is 0 Å². The Labute approximate surface area is 79.0 Å². The van der Waals surface area contributed by atoms with E-state index in [0.717, 1.165) is 18.8 Å². The highest BCUT2D eigenvalue weighted by Gasteiger charge is 2.30. The third-order valence-electron chi connectivity index (χ3n) is 3.01. The van der Waals surface area contributed by atoms with E-state index in [0.29, 0.717) is 5.92 Å². The average Bonchev–Trinajstić information content (AvgIpc) is 2.01. The van der Waals surface area contributed by atoms with Crippen LogP contribution in [0.25, 0.3) is 0 Å². The lowest BCUT2D eigenvalue weighted by Crippen LogP contribution is -2.30. The van der Waals surface area contributed by atoms with E-state index < -0.39 is 0 Å². The van der Waals surface area contributed by atoms with Gasteiger partial charge in [0.2, 0.25) is 0 Å². The van der Waals surface area contributed by atoms with E-state index in [1.54, 1.807) is 0 Å². The van der Waals surface area contributed by atoms with Gasteiger partial charge in [-0.15, -0.1) is 0 Å². The minimum absolute atomic E-state index is 0.131. The molecule has 2 aliphatic rings. The van der Waals surface area contributed by atoms with Crippen molar-refractivity contribution in [2.45, 2.75) is 38.7 Å². The zero-order chi connectivity index (χ0) is 9.26. The van der Waals surface area contributed by atoms with Gasteiger partial charge in [0.25, 0.3) is 0 Å². The monoisotopic (exact) mass is 180 g/mol. The molecule has 0 heterocycles. The fraction of sp³-hybridized carbons (Fsp3) is 0.727. The van der Waals surface area contributed by atoms with Crippen LogP contribution in [-0.4, -0.2) is 12.1 Å². The summed E-state index contributed by atoms with van der Waals surface area (Å²) in [5, 5.41) is 0. The Morgan fingerprint density at radius 3 is 2.92 bits per heavy atom. The van der Waals surface area contributed by atoms with Crippen molar-refractivity contribution in [1.29, 1.82) is 0 Å². The Morgan fingerprint density at radius 1 is 1.38 bits per heavy atom. The molecule has 0 unspecified atom stereocenters. The molecule has 1 saturated carbocycles. The van der Waals surface area contributed by atoms with Crippen LogP contribution in [-0.2, 0) is 9.53 Å². The zero-order valence-corrected chi connectivity index (χ0v) is 8.03. The topological polar surface area (TPSA) is 26.3 Å². The van der Waals surface area contributed by atoms with Crippen LogP contribution >= 0.6 is 0 Å². The molecule has 0 saturated heterocycles. The maximum absolute atomic E-state index is 10.8. The fourth-order valence-electron chi connectivity index (χ4n) is 2.57. The van der Waals surface area contributed by atoms with Gasteiger partial charge in [-0.1, -0.05) is 12.2 Å². The molecular weight excluding hydrogens is 164 g/mol. The molecule has 72 valence electrons. The van der Waals surface area contributed by atoms with Crippen molar-refractivity contribution < 1.29 is 9.53 Å². The second-order valence-corrected chi connectivity index (χ2v) is 4.23. The van der Waals surface area contributed by atoms with Gasteiger partial charge in [-0.3, -0.25) is 4.79 Å². The van der Waals surface area contributed by atoms with Crippen molar-refractivity contribution in [1.82, 2.24) is 0 Å². The molecule has 2 nitrogen and oxygen atoms in total. The van der Waals surface area contributed by atoms with Crippen molar-refractivity contribution in [3.8, 4) is 0 Å². The molecular formula is C11H16O2. The molecule has 0 N–H and O–H groups in total. The fourth-order valence-corrected chi connectivity index (χ4v) is 2.57. The standard InChI is InChI=1S/C11H16O2/c1-8(12)13-11-6-9-3-2-4-10(5-9)7-11/h2-3,9-11H,4-7H2,1H3/t9-,10+,11-/m1/s1. The van der Waals surface area contributed by atoms with E-state index in [4.69, 9.17) is 4.74 Å². The Balaban J connectivity index is 1.95. The first-order valence-corrected chi connectivity index (χ1v) is 5.08. The molecule has 2 aliphatic carbocycles. The molecule has 0 amide bonds. The van der Waals surface area contributed by atoms with Crippen LogP contribution in [0.2, 0.25) is 0 Å². The number of hydrogen-bond acceptors (Lipinski definition) is 2. The molecule has 0 aromatic carbocycles. The van der Waals surface area contributed by atoms with Gasteiger partial charge >= 0.3 is 5.97 Å². The third kappa shape index (κ3) is 2.11. The summed E-state index contributed by atoms with van der Waals surface area (Å²) in [7, 11) is 0. The number of carbonyl (C=O) groups is 1. The average molecular weight is 180 g/mol. The van der Waals surface area contributed by atoms with Gasteiger partial charge in [-0.05, 0) is 37.5 Å². The normalized spacial score (nSPS) is 37.2. The molecule has 0 radical (unpaired) electrons. The van der Waals surface area contributed by atoms with Crippen LogP contribution in [0.1, 0.15) is 32.6 Å². The Kier molecular flexibility index (Phi) is 2.38. The van der Waals surface area contributed by atoms with E-state index in [2.05, 4.69) is 12.2 Å². The Bertz CT molecular complexity index is 232. The highest BCUT2D eigenvalue weighted by atomic mass is 16.5. The molecule has 2 heteroatoms. The predicted molar refractivity (Wildman–Crippen MR) is 50.1 cm³/mol. The molecule has 0 aromatic rings.